The van der Waals surface area contributed by atoms with Gasteiger partial charge >= 0.3 is 0 Å². The van der Waals surface area contributed by atoms with Crippen LogP contribution in [0.4, 0.5) is 5.69 Å². The molecule has 1 aromatic rings. The molecule has 54 valence electrons. The first-order valence-corrected chi connectivity index (χ1v) is 3.89. The standard InChI is InChI=1S/C9H7NS/c1-6-9(11)7-4-2-3-5-8(7)10-6/h2-5H,1H3. The summed E-state index contributed by atoms with van der Waals surface area (Å²) < 4.78 is 0. The summed E-state index contributed by atoms with van der Waals surface area (Å²) >= 11 is 5.17. The Bertz CT molecular complexity index is 352. The zero-order valence-corrected chi connectivity index (χ0v) is 6.98. The third-order valence-corrected chi connectivity index (χ3v) is 2.28. The third-order valence-electron chi connectivity index (χ3n) is 1.77. The molecule has 0 radical (unpaired) electrons. The lowest BCUT2D eigenvalue weighted by molar-refractivity contribution is 1.54. The highest BCUT2D eigenvalue weighted by atomic mass is 32.1. The van der Waals surface area contributed by atoms with E-state index in [1.165, 1.54) is 0 Å². The van der Waals surface area contributed by atoms with E-state index < -0.39 is 0 Å². The molecule has 0 aromatic heterocycles. The largest absolute Gasteiger partial charge is 0.252 e. The Balaban J connectivity index is 2.67. The van der Waals surface area contributed by atoms with Crippen LogP contribution in [0.3, 0.4) is 0 Å². The summed E-state index contributed by atoms with van der Waals surface area (Å²) in [7, 11) is 0. The van der Waals surface area contributed by atoms with Gasteiger partial charge in [0.25, 0.3) is 0 Å². The van der Waals surface area contributed by atoms with Crippen molar-refractivity contribution in [2.45, 2.75) is 6.92 Å². The fourth-order valence-electron chi connectivity index (χ4n) is 1.19. The lowest BCUT2D eigenvalue weighted by Gasteiger charge is -1.93. The van der Waals surface area contributed by atoms with Crippen molar-refractivity contribution in [1.82, 2.24) is 0 Å². The number of hydrogen-bond donors (Lipinski definition) is 0. The highest BCUT2D eigenvalue weighted by Crippen LogP contribution is 2.26. The molecular formula is C9H7NS. The van der Waals surface area contributed by atoms with Gasteiger partial charge in [-0.2, -0.15) is 0 Å². The number of nitrogens with zero attached hydrogens (tertiary/aromatic N) is 1. The summed E-state index contributed by atoms with van der Waals surface area (Å²) in [6.07, 6.45) is 0. The Morgan fingerprint density at radius 3 is 2.73 bits per heavy atom. The Labute approximate surface area is 70.8 Å². The van der Waals surface area contributed by atoms with Crippen LogP contribution in [-0.2, 0) is 0 Å². The van der Waals surface area contributed by atoms with Gasteiger partial charge in [0.1, 0.15) is 0 Å². The van der Waals surface area contributed by atoms with E-state index in [1.807, 2.05) is 31.2 Å². The van der Waals surface area contributed by atoms with E-state index in [0.29, 0.717) is 0 Å². The van der Waals surface area contributed by atoms with Crippen molar-refractivity contribution in [3.8, 4) is 0 Å². The fraction of sp³-hybridized carbons (Fsp3) is 0.111. The Morgan fingerprint density at radius 1 is 1.27 bits per heavy atom. The molecule has 1 aromatic carbocycles. The van der Waals surface area contributed by atoms with E-state index in [0.717, 1.165) is 21.8 Å². The molecule has 2 rings (SSSR count). The molecule has 0 fully saturated rings. The van der Waals surface area contributed by atoms with Gasteiger partial charge in [-0.3, -0.25) is 4.99 Å². The first kappa shape index (κ1) is 6.68. The van der Waals surface area contributed by atoms with Crippen molar-refractivity contribution >= 4 is 28.5 Å². The van der Waals surface area contributed by atoms with Crippen LogP contribution in [0.2, 0.25) is 0 Å². The normalized spacial score (nSPS) is 14.6. The number of hydrogen-bond acceptors (Lipinski definition) is 2. The summed E-state index contributed by atoms with van der Waals surface area (Å²) in [5.74, 6) is 0. The van der Waals surface area contributed by atoms with Gasteiger partial charge < -0.3 is 0 Å². The molecule has 0 unspecified atom stereocenters. The van der Waals surface area contributed by atoms with Crippen LogP contribution in [0, 0.1) is 0 Å². The van der Waals surface area contributed by atoms with Crippen LogP contribution in [0.5, 0.6) is 0 Å². The molecule has 0 spiro atoms. The van der Waals surface area contributed by atoms with Crippen molar-refractivity contribution in [2.75, 3.05) is 0 Å². The van der Waals surface area contributed by atoms with Crippen molar-refractivity contribution in [3.63, 3.8) is 0 Å². The zero-order chi connectivity index (χ0) is 7.84. The van der Waals surface area contributed by atoms with Crippen LogP contribution < -0.4 is 0 Å². The molecule has 1 aliphatic heterocycles. The van der Waals surface area contributed by atoms with Crippen LogP contribution in [0.25, 0.3) is 0 Å². The first-order valence-electron chi connectivity index (χ1n) is 3.48. The van der Waals surface area contributed by atoms with E-state index in [2.05, 4.69) is 4.99 Å². The maximum atomic E-state index is 5.17. The number of fused-ring (bicyclic) bond motifs is 1. The molecule has 0 bridgehead atoms. The molecule has 0 saturated carbocycles. The van der Waals surface area contributed by atoms with E-state index in [-0.39, 0.29) is 0 Å². The van der Waals surface area contributed by atoms with Crippen molar-refractivity contribution in [2.24, 2.45) is 4.99 Å². The highest BCUT2D eigenvalue weighted by molar-refractivity contribution is 7.82. The Kier molecular flexibility index (Phi) is 1.36. The van der Waals surface area contributed by atoms with Crippen LogP contribution in [0.1, 0.15) is 12.5 Å². The fourth-order valence-corrected chi connectivity index (χ4v) is 1.41. The molecule has 0 saturated heterocycles. The van der Waals surface area contributed by atoms with E-state index in [1.54, 1.807) is 0 Å². The summed E-state index contributed by atoms with van der Waals surface area (Å²) in [5.41, 5.74) is 3.07. The average molecular weight is 161 g/mol. The maximum Gasteiger partial charge on any atom is 0.0720 e. The van der Waals surface area contributed by atoms with Gasteiger partial charge in [0.05, 0.1) is 16.3 Å². The lowest BCUT2D eigenvalue weighted by atomic mass is 10.1. The predicted molar refractivity (Wildman–Crippen MR) is 50.9 cm³/mol. The molecule has 1 nitrogen and oxygen atoms in total. The number of aliphatic imine (C=N–C) groups is 1. The highest BCUT2D eigenvalue weighted by Gasteiger charge is 2.15. The molecule has 0 amide bonds. The predicted octanol–water partition coefficient (Wildman–Crippen LogP) is 2.51. The molecule has 2 heteroatoms. The van der Waals surface area contributed by atoms with E-state index in [4.69, 9.17) is 12.2 Å². The number of benzene rings is 1. The zero-order valence-electron chi connectivity index (χ0n) is 6.16. The first-order chi connectivity index (χ1) is 5.29. The van der Waals surface area contributed by atoms with Gasteiger partial charge in [0.15, 0.2) is 0 Å². The summed E-state index contributed by atoms with van der Waals surface area (Å²) in [6, 6.07) is 7.96. The maximum absolute atomic E-state index is 5.17. The second kappa shape index (κ2) is 2.24. The van der Waals surface area contributed by atoms with Gasteiger partial charge in [-0.15, -0.1) is 0 Å². The van der Waals surface area contributed by atoms with Gasteiger partial charge in [0.2, 0.25) is 0 Å². The molecular weight excluding hydrogens is 154 g/mol. The van der Waals surface area contributed by atoms with E-state index >= 15 is 0 Å². The second-order valence-electron chi connectivity index (χ2n) is 2.54. The van der Waals surface area contributed by atoms with Crippen LogP contribution >= 0.6 is 12.2 Å². The molecule has 0 N–H and O–H groups in total. The number of rotatable bonds is 0. The third kappa shape index (κ3) is 0.906. The average Bonchev–Trinajstić information content (AvgIpc) is 2.30. The Hall–Kier alpha value is -1.02. The van der Waals surface area contributed by atoms with Crippen molar-refractivity contribution in [3.05, 3.63) is 29.8 Å². The number of para-hydroxylation sites is 1. The van der Waals surface area contributed by atoms with Gasteiger partial charge in [-0.25, -0.2) is 0 Å². The lowest BCUT2D eigenvalue weighted by Crippen LogP contribution is -2.01. The van der Waals surface area contributed by atoms with E-state index in [9.17, 15) is 0 Å². The summed E-state index contributed by atoms with van der Waals surface area (Å²) in [4.78, 5) is 5.20. The molecule has 11 heavy (non-hydrogen) atoms. The van der Waals surface area contributed by atoms with Gasteiger partial charge in [-0.1, -0.05) is 30.4 Å². The minimum atomic E-state index is 0.889. The summed E-state index contributed by atoms with van der Waals surface area (Å²) in [6.45, 7) is 1.95. The molecule has 1 heterocycles. The summed E-state index contributed by atoms with van der Waals surface area (Å²) in [5, 5.41) is 0. The van der Waals surface area contributed by atoms with Crippen LogP contribution in [0.15, 0.2) is 29.3 Å². The Morgan fingerprint density at radius 2 is 2.00 bits per heavy atom. The van der Waals surface area contributed by atoms with Crippen molar-refractivity contribution in [1.29, 1.82) is 0 Å². The number of thiocarbonyl (C=S) groups is 1. The smallest absolute Gasteiger partial charge is 0.0720 e. The van der Waals surface area contributed by atoms with Crippen LogP contribution in [-0.4, -0.2) is 10.6 Å². The monoisotopic (exact) mass is 161 g/mol. The molecule has 0 atom stereocenters. The molecule has 1 aliphatic rings. The second-order valence-corrected chi connectivity index (χ2v) is 2.95. The van der Waals surface area contributed by atoms with Crippen molar-refractivity contribution < 1.29 is 0 Å². The molecule has 0 aliphatic carbocycles. The minimum Gasteiger partial charge on any atom is -0.252 e. The quantitative estimate of drug-likeness (QED) is 0.532. The van der Waals surface area contributed by atoms with Gasteiger partial charge in [-0.05, 0) is 13.0 Å². The van der Waals surface area contributed by atoms with Gasteiger partial charge in [0, 0.05) is 5.56 Å². The SMILES string of the molecule is CC1=Nc2ccccc2C1=S. The minimum absolute atomic E-state index is 0.889. The topological polar surface area (TPSA) is 12.4 Å².